The minimum absolute atomic E-state index is 0.328. The minimum atomic E-state index is -3.53. The first-order chi connectivity index (χ1) is 14.9. The summed E-state index contributed by atoms with van der Waals surface area (Å²) < 4.78 is 33.9. The molecule has 5 nitrogen and oxygen atoms in total. The molecule has 3 aromatic carbocycles. The molecule has 0 spiro atoms. The van der Waals surface area contributed by atoms with Crippen LogP contribution in [-0.4, -0.2) is 19.9 Å². The maximum atomic E-state index is 12.7. The van der Waals surface area contributed by atoms with Gasteiger partial charge in [0.25, 0.3) is 0 Å². The van der Waals surface area contributed by atoms with Gasteiger partial charge in [-0.15, -0.1) is 0 Å². The summed E-state index contributed by atoms with van der Waals surface area (Å²) in [7, 11) is -3.53. The molecule has 0 atom stereocenters. The second-order valence-corrected chi connectivity index (χ2v) is 9.45. The van der Waals surface area contributed by atoms with Crippen LogP contribution >= 0.6 is 0 Å². The number of hydrogen-bond acceptors (Lipinski definition) is 3. The molecule has 0 aliphatic rings. The predicted molar refractivity (Wildman–Crippen MR) is 124 cm³/mol. The Hall–Kier alpha value is -3.09. The van der Waals surface area contributed by atoms with Crippen LogP contribution in [0.1, 0.15) is 22.3 Å². The first-order valence-electron chi connectivity index (χ1n) is 10.3. The highest BCUT2D eigenvalue weighted by molar-refractivity contribution is 7.89. The average Bonchev–Trinajstić information content (AvgIpc) is 3.15. The molecule has 0 aliphatic carbocycles. The van der Waals surface area contributed by atoms with Crippen molar-refractivity contribution in [2.24, 2.45) is 0 Å². The Morgan fingerprint density at radius 1 is 0.968 bits per heavy atom. The number of H-pyrrole nitrogens is 1. The molecule has 31 heavy (non-hydrogen) atoms. The Kier molecular flexibility index (Phi) is 6.11. The fourth-order valence-electron chi connectivity index (χ4n) is 3.70. The molecule has 0 aliphatic heterocycles. The monoisotopic (exact) mass is 434 g/mol. The van der Waals surface area contributed by atoms with Crippen LogP contribution in [0.5, 0.6) is 5.75 Å². The van der Waals surface area contributed by atoms with E-state index in [1.165, 1.54) is 0 Å². The fourth-order valence-corrected chi connectivity index (χ4v) is 4.96. The average molecular weight is 435 g/mol. The number of aromatic amines is 1. The zero-order valence-electron chi connectivity index (χ0n) is 17.7. The van der Waals surface area contributed by atoms with E-state index in [4.69, 9.17) is 4.74 Å². The van der Waals surface area contributed by atoms with Crippen LogP contribution < -0.4 is 9.46 Å². The largest absolute Gasteiger partial charge is 0.489 e. The van der Waals surface area contributed by atoms with Crippen molar-refractivity contribution in [3.05, 3.63) is 95.2 Å². The number of hydrogen-bond donors (Lipinski definition) is 2. The SMILES string of the molecule is Cc1ccc(S(=O)(=O)NCCc2c[nH]c3cc(OCc4ccccc4)ccc23)c(C)c1. The van der Waals surface area contributed by atoms with Crippen molar-refractivity contribution in [2.45, 2.75) is 31.8 Å². The molecule has 0 radical (unpaired) electrons. The van der Waals surface area contributed by atoms with Crippen LogP contribution in [0.4, 0.5) is 0 Å². The summed E-state index contributed by atoms with van der Waals surface area (Å²) in [5, 5.41) is 1.07. The lowest BCUT2D eigenvalue weighted by Gasteiger charge is -2.10. The van der Waals surface area contributed by atoms with E-state index in [-0.39, 0.29) is 0 Å². The van der Waals surface area contributed by atoms with E-state index in [0.717, 1.165) is 38.9 Å². The summed E-state index contributed by atoms with van der Waals surface area (Å²) in [6.07, 6.45) is 2.52. The van der Waals surface area contributed by atoms with E-state index in [9.17, 15) is 8.42 Å². The van der Waals surface area contributed by atoms with Crippen molar-refractivity contribution in [3.8, 4) is 5.75 Å². The Balaban J connectivity index is 1.40. The maximum Gasteiger partial charge on any atom is 0.240 e. The predicted octanol–water partition coefficient (Wildman–Crippen LogP) is 4.88. The quantitative estimate of drug-likeness (QED) is 0.415. The van der Waals surface area contributed by atoms with Crippen LogP contribution in [-0.2, 0) is 23.1 Å². The molecule has 0 saturated carbocycles. The molecule has 4 rings (SSSR count). The molecule has 0 fully saturated rings. The molecule has 1 aromatic heterocycles. The van der Waals surface area contributed by atoms with Crippen molar-refractivity contribution in [1.82, 2.24) is 9.71 Å². The Labute approximate surface area is 183 Å². The second-order valence-electron chi connectivity index (χ2n) is 7.71. The number of fused-ring (bicyclic) bond motifs is 1. The highest BCUT2D eigenvalue weighted by Crippen LogP contribution is 2.24. The molecular formula is C25H26N2O3S. The number of rotatable bonds is 8. The third kappa shape index (κ3) is 4.98. The summed E-state index contributed by atoms with van der Waals surface area (Å²) in [5.41, 5.74) is 4.95. The van der Waals surface area contributed by atoms with Crippen molar-refractivity contribution >= 4 is 20.9 Å². The second kappa shape index (κ2) is 8.96. The lowest BCUT2D eigenvalue weighted by Crippen LogP contribution is -2.26. The van der Waals surface area contributed by atoms with Gasteiger partial charge < -0.3 is 9.72 Å². The van der Waals surface area contributed by atoms with Gasteiger partial charge in [0.05, 0.1) is 4.90 Å². The Bertz CT molecular complexity index is 1300. The van der Waals surface area contributed by atoms with Gasteiger partial charge in [0.1, 0.15) is 12.4 Å². The fraction of sp³-hybridized carbons (Fsp3) is 0.200. The van der Waals surface area contributed by atoms with Crippen molar-refractivity contribution in [1.29, 1.82) is 0 Å². The molecule has 4 aromatic rings. The van der Waals surface area contributed by atoms with Gasteiger partial charge >= 0.3 is 0 Å². The van der Waals surface area contributed by atoms with Gasteiger partial charge in [0.15, 0.2) is 0 Å². The number of benzene rings is 3. The van der Waals surface area contributed by atoms with Gasteiger partial charge in [-0.1, -0.05) is 48.0 Å². The van der Waals surface area contributed by atoms with E-state index in [1.807, 2.05) is 80.7 Å². The van der Waals surface area contributed by atoms with Crippen LogP contribution in [0.3, 0.4) is 0 Å². The molecule has 2 N–H and O–H groups in total. The van der Waals surface area contributed by atoms with Gasteiger partial charge in [-0.3, -0.25) is 0 Å². The third-order valence-electron chi connectivity index (χ3n) is 5.29. The van der Waals surface area contributed by atoms with Gasteiger partial charge in [-0.25, -0.2) is 13.1 Å². The molecule has 160 valence electrons. The summed E-state index contributed by atoms with van der Waals surface area (Å²) in [4.78, 5) is 3.59. The molecule has 0 bridgehead atoms. The Morgan fingerprint density at radius 3 is 2.55 bits per heavy atom. The summed E-state index contributed by atoms with van der Waals surface area (Å²) in [6, 6.07) is 21.3. The smallest absolute Gasteiger partial charge is 0.240 e. The van der Waals surface area contributed by atoms with E-state index < -0.39 is 10.0 Å². The number of sulfonamides is 1. The molecule has 0 saturated heterocycles. The zero-order valence-corrected chi connectivity index (χ0v) is 18.5. The van der Waals surface area contributed by atoms with Crippen molar-refractivity contribution in [3.63, 3.8) is 0 Å². The van der Waals surface area contributed by atoms with E-state index in [1.54, 1.807) is 6.07 Å². The highest BCUT2D eigenvalue weighted by atomic mass is 32.2. The highest BCUT2D eigenvalue weighted by Gasteiger charge is 2.16. The standard InChI is InChI=1S/C25H26N2O3S/c1-18-8-11-25(19(2)14-18)31(28,29)27-13-12-21-16-26-24-15-22(9-10-23(21)24)30-17-20-6-4-3-5-7-20/h3-11,14-16,26-27H,12-13,17H2,1-2H3. The number of aromatic nitrogens is 1. The molecule has 6 heteroatoms. The van der Waals surface area contributed by atoms with Gasteiger partial charge in [0, 0.05) is 29.7 Å². The number of ether oxygens (including phenoxy) is 1. The van der Waals surface area contributed by atoms with E-state index in [0.29, 0.717) is 24.5 Å². The Morgan fingerprint density at radius 2 is 1.77 bits per heavy atom. The first kappa shape index (κ1) is 21.2. The number of nitrogens with one attached hydrogen (secondary N) is 2. The van der Waals surface area contributed by atoms with E-state index in [2.05, 4.69) is 9.71 Å². The molecule has 1 heterocycles. The topological polar surface area (TPSA) is 71.2 Å². The van der Waals surface area contributed by atoms with Gasteiger partial charge in [-0.2, -0.15) is 0 Å². The van der Waals surface area contributed by atoms with Gasteiger partial charge in [0.2, 0.25) is 10.0 Å². The number of aryl methyl sites for hydroxylation is 2. The normalized spacial score (nSPS) is 11.7. The summed E-state index contributed by atoms with van der Waals surface area (Å²) in [5.74, 6) is 0.792. The summed E-state index contributed by atoms with van der Waals surface area (Å²) in [6.45, 7) is 4.61. The van der Waals surface area contributed by atoms with E-state index >= 15 is 0 Å². The van der Waals surface area contributed by atoms with Crippen LogP contribution in [0.25, 0.3) is 10.9 Å². The van der Waals surface area contributed by atoms with Crippen molar-refractivity contribution in [2.75, 3.05) is 6.54 Å². The van der Waals surface area contributed by atoms with Crippen LogP contribution in [0.2, 0.25) is 0 Å². The summed E-state index contributed by atoms with van der Waals surface area (Å²) >= 11 is 0. The van der Waals surface area contributed by atoms with Crippen molar-refractivity contribution < 1.29 is 13.2 Å². The first-order valence-corrected chi connectivity index (χ1v) is 11.7. The third-order valence-corrected chi connectivity index (χ3v) is 6.91. The molecule has 0 amide bonds. The maximum absolute atomic E-state index is 12.7. The minimum Gasteiger partial charge on any atom is -0.489 e. The van der Waals surface area contributed by atoms with Crippen LogP contribution in [0.15, 0.2) is 77.8 Å². The zero-order chi connectivity index (χ0) is 21.8. The molecule has 0 unspecified atom stereocenters. The lowest BCUT2D eigenvalue weighted by atomic mass is 10.1. The van der Waals surface area contributed by atoms with Gasteiger partial charge in [-0.05, 0) is 55.2 Å². The van der Waals surface area contributed by atoms with Crippen LogP contribution in [0, 0.1) is 13.8 Å². The molecular weight excluding hydrogens is 408 g/mol. The lowest BCUT2D eigenvalue weighted by molar-refractivity contribution is 0.306.